The summed E-state index contributed by atoms with van der Waals surface area (Å²) >= 11 is 0. The van der Waals surface area contributed by atoms with Gasteiger partial charge in [0, 0.05) is 13.7 Å². The van der Waals surface area contributed by atoms with E-state index in [1.807, 2.05) is 6.92 Å². The third-order valence-corrected chi connectivity index (χ3v) is 3.79. The summed E-state index contributed by atoms with van der Waals surface area (Å²) < 4.78 is 10.4. The predicted octanol–water partition coefficient (Wildman–Crippen LogP) is 0.673. The zero-order chi connectivity index (χ0) is 13.4. The Morgan fingerprint density at radius 2 is 2.22 bits per heavy atom. The highest BCUT2D eigenvalue weighted by molar-refractivity contribution is 5.85. The molecule has 0 aromatic rings. The highest BCUT2D eigenvalue weighted by atomic mass is 16.5. The van der Waals surface area contributed by atoms with E-state index in [0.717, 1.165) is 32.2 Å². The van der Waals surface area contributed by atoms with Gasteiger partial charge in [-0.1, -0.05) is 13.3 Å². The first-order chi connectivity index (χ1) is 8.67. The highest BCUT2D eigenvalue weighted by Gasteiger charge is 2.46. The van der Waals surface area contributed by atoms with Gasteiger partial charge in [-0.2, -0.15) is 0 Å². The second kappa shape index (κ2) is 7.71. The topological polar surface area (TPSA) is 73.6 Å². The van der Waals surface area contributed by atoms with Gasteiger partial charge in [-0.05, 0) is 31.7 Å². The van der Waals surface area contributed by atoms with Crippen LogP contribution in [0.1, 0.15) is 32.6 Å². The van der Waals surface area contributed by atoms with E-state index >= 15 is 0 Å². The normalized spacial score (nSPS) is 27.6. The average Bonchev–Trinajstić information content (AvgIpc) is 2.74. The lowest BCUT2D eigenvalue weighted by molar-refractivity contribution is -0.126. The Kier molecular flexibility index (Phi) is 6.60. The molecular formula is C13H26N2O3. The van der Waals surface area contributed by atoms with Crippen molar-refractivity contribution in [3.8, 4) is 0 Å². The molecule has 2 atom stereocenters. The lowest BCUT2D eigenvalue weighted by Gasteiger charge is -2.33. The van der Waals surface area contributed by atoms with Gasteiger partial charge in [0.15, 0.2) is 0 Å². The minimum absolute atomic E-state index is 0.219. The number of primary amides is 1. The summed E-state index contributed by atoms with van der Waals surface area (Å²) in [6, 6.07) is 0. The van der Waals surface area contributed by atoms with Crippen molar-refractivity contribution in [2.45, 2.75) is 38.1 Å². The second-order valence-corrected chi connectivity index (χ2v) is 4.85. The average molecular weight is 258 g/mol. The molecule has 1 amide bonds. The zero-order valence-electron chi connectivity index (χ0n) is 11.5. The van der Waals surface area contributed by atoms with Gasteiger partial charge in [-0.3, -0.25) is 4.79 Å². The van der Waals surface area contributed by atoms with E-state index in [4.69, 9.17) is 15.2 Å². The van der Waals surface area contributed by atoms with Gasteiger partial charge in [0.1, 0.15) is 5.54 Å². The molecule has 5 heteroatoms. The quantitative estimate of drug-likeness (QED) is 0.596. The van der Waals surface area contributed by atoms with E-state index < -0.39 is 5.54 Å². The van der Waals surface area contributed by atoms with Gasteiger partial charge in [0.05, 0.1) is 13.2 Å². The standard InChI is InChI=1S/C13H26N2O3/c1-3-15-13(12(14)16)7-4-5-11(13)6-8-18-10-9-17-2/h11,15H,3-10H2,1-2H3,(H2,14,16). The van der Waals surface area contributed by atoms with Crippen molar-refractivity contribution in [3.63, 3.8) is 0 Å². The van der Waals surface area contributed by atoms with Crippen molar-refractivity contribution in [1.82, 2.24) is 5.32 Å². The summed E-state index contributed by atoms with van der Waals surface area (Å²) in [4.78, 5) is 11.8. The van der Waals surface area contributed by atoms with E-state index in [0.29, 0.717) is 19.8 Å². The van der Waals surface area contributed by atoms with Crippen molar-refractivity contribution in [3.05, 3.63) is 0 Å². The first-order valence-corrected chi connectivity index (χ1v) is 6.79. The largest absolute Gasteiger partial charge is 0.382 e. The Morgan fingerprint density at radius 1 is 1.44 bits per heavy atom. The molecule has 2 unspecified atom stereocenters. The van der Waals surface area contributed by atoms with Crippen LogP contribution in [-0.2, 0) is 14.3 Å². The highest BCUT2D eigenvalue weighted by Crippen LogP contribution is 2.37. The number of amides is 1. The lowest BCUT2D eigenvalue weighted by atomic mass is 9.84. The van der Waals surface area contributed by atoms with E-state index in [1.165, 1.54) is 0 Å². The number of rotatable bonds is 9. The fourth-order valence-corrected chi connectivity index (χ4v) is 2.90. The molecule has 0 aromatic carbocycles. The Morgan fingerprint density at radius 3 is 2.83 bits per heavy atom. The van der Waals surface area contributed by atoms with E-state index in [-0.39, 0.29) is 11.8 Å². The van der Waals surface area contributed by atoms with Gasteiger partial charge in [0.25, 0.3) is 0 Å². The molecule has 1 aliphatic carbocycles. The molecule has 1 fully saturated rings. The summed E-state index contributed by atoms with van der Waals surface area (Å²) in [7, 11) is 1.66. The predicted molar refractivity (Wildman–Crippen MR) is 70.3 cm³/mol. The molecule has 0 aromatic heterocycles. The molecule has 1 rings (SSSR count). The molecule has 0 saturated heterocycles. The minimum Gasteiger partial charge on any atom is -0.382 e. The first-order valence-electron chi connectivity index (χ1n) is 6.79. The zero-order valence-corrected chi connectivity index (χ0v) is 11.5. The third kappa shape index (κ3) is 3.67. The van der Waals surface area contributed by atoms with Gasteiger partial charge in [-0.15, -0.1) is 0 Å². The smallest absolute Gasteiger partial charge is 0.238 e. The van der Waals surface area contributed by atoms with Crippen molar-refractivity contribution < 1.29 is 14.3 Å². The number of hydrogen-bond donors (Lipinski definition) is 2. The second-order valence-electron chi connectivity index (χ2n) is 4.85. The number of carbonyl (C=O) groups excluding carboxylic acids is 1. The Labute approximate surface area is 109 Å². The monoisotopic (exact) mass is 258 g/mol. The minimum atomic E-state index is -0.515. The molecule has 0 aliphatic heterocycles. The van der Waals surface area contributed by atoms with Crippen LogP contribution >= 0.6 is 0 Å². The fourth-order valence-electron chi connectivity index (χ4n) is 2.90. The third-order valence-electron chi connectivity index (χ3n) is 3.79. The van der Waals surface area contributed by atoms with Gasteiger partial charge >= 0.3 is 0 Å². The van der Waals surface area contributed by atoms with Crippen molar-refractivity contribution in [2.75, 3.05) is 33.5 Å². The number of ether oxygens (including phenoxy) is 2. The van der Waals surface area contributed by atoms with Gasteiger partial charge < -0.3 is 20.5 Å². The molecule has 0 bridgehead atoms. The van der Waals surface area contributed by atoms with E-state index in [2.05, 4.69) is 5.32 Å². The van der Waals surface area contributed by atoms with Gasteiger partial charge in [-0.25, -0.2) is 0 Å². The fraction of sp³-hybridized carbons (Fsp3) is 0.923. The number of methoxy groups -OCH3 is 1. The van der Waals surface area contributed by atoms with Crippen molar-refractivity contribution >= 4 is 5.91 Å². The molecule has 1 aliphatic rings. The number of likely N-dealkylation sites (N-methyl/N-ethyl adjacent to an activating group) is 1. The molecule has 1 saturated carbocycles. The van der Waals surface area contributed by atoms with Crippen LogP contribution in [-0.4, -0.2) is 44.9 Å². The van der Waals surface area contributed by atoms with Crippen LogP contribution in [0.5, 0.6) is 0 Å². The summed E-state index contributed by atoms with van der Waals surface area (Å²) in [5.74, 6) is 0.0706. The maximum atomic E-state index is 11.8. The molecular weight excluding hydrogens is 232 g/mol. The van der Waals surface area contributed by atoms with Crippen molar-refractivity contribution in [2.24, 2.45) is 11.7 Å². The summed E-state index contributed by atoms with van der Waals surface area (Å²) in [5, 5.41) is 3.30. The van der Waals surface area contributed by atoms with Crippen LogP contribution in [0.2, 0.25) is 0 Å². The van der Waals surface area contributed by atoms with Crippen LogP contribution in [0.3, 0.4) is 0 Å². The Bertz CT molecular complexity index is 261. The Balaban J connectivity index is 2.44. The molecule has 0 heterocycles. The van der Waals surface area contributed by atoms with Crippen LogP contribution in [0, 0.1) is 5.92 Å². The molecule has 18 heavy (non-hydrogen) atoms. The van der Waals surface area contributed by atoms with E-state index in [9.17, 15) is 4.79 Å². The van der Waals surface area contributed by atoms with Crippen LogP contribution in [0.25, 0.3) is 0 Å². The van der Waals surface area contributed by atoms with Crippen LogP contribution in [0.4, 0.5) is 0 Å². The molecule has 5 nitrogen and oxygen atoms in total. The summed E-state index contributed by atoms with van der Waals surface area (Å²) in [6.45, 7) is 4.65. The number of nitrogens with two attached hydrogens (primary N) is 1. The molecule has 3 N–H and O–H groups in total. The van der Waals surface area contributed by atoms with E-state index in [1.54, 1.807) is 7.11 Å². The maximum absolute atomic E-state index is 11.8. The SMILES string of the molecule is CCNC1(C(N)=O)CCCC1CCOCCOC. The Hall–Kier alpha value is -0.650. The lowest BCUT2D eigenvalue weighted by Crippen LogP contribution is -2.58. The van der Waals surface area contributed by atoms with Crippen LogP contribution in [0.15, 0.2) is 0 Å². The number of nitrogens with one attached hydrogen (secondary N) is 1. The van der Waals surface area contributed by atoms with Crippen LogP contribution < -0.4 is 11.1 Å². The summed E-state index contributed by atoms with van der Waals surface area (Å²) in [6.07, 6.45) is 3.82. The first kappa shape index (κ1) is 15.4. The van der Waals surface area contributed by atoms with Crippen molar-refractivity contribution in [1.29, 1.82) is 0 Å². The maximum Gasteiger partial charge on any atom is 0.238 e. The molecule has 0 spiro atoms. The molecule has 0 radical (unpaired) electrons. The number of carbonyl (C=O) groups is 1. The molecule has 106 valence electrons. The summed E-state index contributed by atoms with van der Waals surface area (Å²) in [5.41, 5.74) is 5.08. The van der Waals surface area contributed by atoms with Gasteiger partial charge in [0.2, 0.25) is 5.91 Å². The number of hydrogen-bond acceptors (Lipinski definition) is 4.